The van der Waals surface area contributed by atoms with E-state index in [4.69, 9.17) is 4.52 Å². The highest BCUT2D eigenvalue weighted by molar-refractivity contribution is 7.92. The van der Waals surface area contributed by atoms with Crippen LogP contribution in [0.1, 0.15) is 22.6 Å². The number of nitrogens with one attached hydrogen (secondary N) is 1. The van der Waals surface area contributed by atoms with Gasteiger partial charge in [-0.2, -0.15) is 0 Å². The molecule has 0 atom stereocenters. The molecule has 0 bridgehead atoms. The van der Waals surface area contributed by atoms with Gasteiger partial charge in [0.05, 0.1) is 5.69 Å². The van der Waals surface area contributed by atoms with Gasteiger partial charge in [-0.15, -0.1) is 0 Å². The van der Waals surface area contributed by atoms with Gasteiger partial charge >= 0.3 is 0 Å². The maximum atomic E-state index is 12.3. The third kappa shape index (κ3) is 2.63. The SMILES string of the molecule is Cc1ccc(NS(=O)(=O)c2c(C)noc2C)c(C)c1. The second-order valence-corrected chi connectivity index (χ2v) is 6.20. The molecule has 0 amide bonds. The largest absolute Gasteiger partial charge is 0.360 e. The molecule has 0 unspecified atom stereocenters. The van der Waals surface area contributed by atoms with E-state index in [1.54, 1.807) is 19.9 Å². The van der Waals surface area contributed by atoms with Crippen molar-refractivity contribution in [1.82, 2.24) is 5.16 Å². The fourth-order valence-electron chi connectivity index (χ4n) is 1.98. The molecule has 2 rings (SSSR count). The lowest BCUT2D eigenvalue weighted by Crippen LogP contribution is -2.15. The molecule has 1 aromatic carbocycles. The molecule has 2 aromatic rings. The molecule has 6 heteroatoms. The summed E-state index contributed by atoms with van der Waals surface area (Å²) in [4.78, 5) is 0.104. The number of hydrogen-bond donors (Lipinski definition) is 1. The van der Waals surface area contributed by atoms with E-state index in [9.17, 15) is 8.42 Å². The molecule has 1 heterocycles. The van der Waals surface area contributed by atoms with Gasteiger partial charge in [0, 0.05) is 0 Å². The maximum absolute atomic E-state index is 12.3. The Bertz CT molecular complexity index is 698. The first kappa shape index (κ1) is 13.6. The molecule has 0 aliphatic carbocycles. The minimum absolute atomic E-state index is 0.104. The summed E-state index contributed by atoms with van der Waals surface area (Å²) in [5, 5.41) is 3.67. The summed E-state index contributed by atoms with van der Waals surface area (Å²) in [6.07, 6.45) is 0. The van der Waals surface area contributed by atoms with E-state index in [1.807, 2.05) is 26.0 Å². The Morgan fingerprint density at radius 3 is 2.37 bits per heavy atom. The van der Waals surface area contributed by atoms with E-state index in [1.165, 1.54) is 0 Å². The van der Waals surface area contributed by atoms with Crippen LogP contribution in [0.3, 0.4) is 0 Å². The van der Waals surface area contributed by atoms with Crippen LogP contribution in [-0.4, -0.2) is 13.6 Å². The van der Waals surface area contributed by atoms with Crippen LogP contribution in [0, 0.1) is 27.7 Å². The fraction of sp³-hybridized carbons (Fsp3) is 0.308. The molecule has 0 saturated heterocycles. The molecule has 102 valence electrons. The third-order valence-corrected chi connectivity index (χ3v) is 4.47. The molecule has 0 fully saturated rings. The van der Waals surface area contributed by atoms with Gasteiger partial charge < -0.3 is 4.52 Å². The summed E-state index contributed by atoms with van der Waals surface area (Å²) >= 11 is 0. The van der Waals surface area contributed by atoms with Crippen LogP contribution < -0.4 is 4.72 Å². The van der Waals surface area contributed by atoms with Crippen molar-refractivity contribution < 1.29 is 12.9 Å². The summed E-state index contributed by atoms with van der Waals surface area (Å²) in [7, 11) is -3.67. The highest BCUT2D eigenvalue weighted by Crippen LogP contribution is 2.24. The normalized spacial score (nSPS) is 11.6. The van der Waals surface area contributed by atoms with Crippen LogP contribution in [0.25, 0.3) is 0 Å². The van der Waals surface area contributed by atoms with Crippen LogP contribution in [-0.2, 0) is 10.0 Å². The van der Waals surface area contributed by atoms with Crippen molar-refractivity contribution >= 4 is 15.7 Å². The summed E-state index contributed by atoms with van der Waals surface area (Å²) in [6, 6.07) is 5.53. The highest BCUT2D eigenvalue weighted by atomic mass is 32.2. The van der Waals surface area contributed by atoms with Crippen molar-refractivity contribution in [1.29, 1.82) is 0 Å². The van der Waals surface area contributed by atoms with Gasteiger partial charge in [-0.3, -0.25) is 4.72 Å². The molecule has 1 N–H and O–H groups in total. The number of benzene rings is 1. The lowest BCUT2D eigenvalue weighted by Gasteiger charge is -2.10. The quantitative estimate of drug-likeness (QED) is 0.938. The zero-order valence-electron chi connectivity index (χ0n) is 11.3. The minimum Gasteiger partial charge on any atom is -0.360 e. The number of aromatic nitrogens is 1. The summed E-state index contributed by atoms with van der Waals surface area (Å²) < 4.78 is 32.1. The Hall–Kier alpha value is -1.82. The summed E-state index contributed by atoms with van der Waals surface area (Å²) in [5.41, 5.74) is 2.87. The Balaban J connectivity index is 2.42. The first-order valence-corrected chi connectivity index (χ1v) is 7.32. The average molecular weight is 280 g/mol. The molecular formula is C13H16N2O3S. The molecule has 5 nitrogen and oxygen atoms in total. The standard InChI is InChI=1S/C13H16N2O3S/c1-8-5-6-12(9(2)7-8)15-19(16,17)13-10(3)14-18-11(13)4/h5-7,15H,1-4H3. The van der Waals surface area contributed by atoms with Crippen molar-refractivity contribution in [2.75, 3.05) is 4.72 Å². The van der Waals surface area contributed by atoms with Crippen molar-refractivity contribution in [3.63, 3.8) is 0 Å². The zero-order chi connectivity index (χ0) is 14.2. The Labute approximate surface area is 112 Å². The van der Waals surface area contributed by atoms with Gasteiger partial charge in [-0.1, -0.05) is 22.9 Å². The predicted molar refractivity (Wildman–Crippen MR) is 72.7 cm³/mol. The Kier molecular flexibility index (Phi) is 3.36. The monoisotopic (exact) mass is 280 g/mol. The molecule has 0 aliphatic rings. The van der Waals surface area contributed by atoms with Crippen molar-refractivity contribution in [2.24, 2.45) is 0 Å². The summed E-state index contributed by atoms with van der Waals surface area (Å²) in [5.74, 6) is 0.287. The number of rotatable bonds is 3. The van der Waals surface area contributed by atoms with Gasteiger partial charge in [0.1, 0.15) is 5.69 Å². The number of anilines is 1. The summed E-state index contributed by atoms with van der Waals surface area (Å²) in [6.45, 7) is 7.00. The van der Waals surface area contributed by atoms with E-state index in [0.717, 1.165) is 11.1 Å². The van der Waals surface area contributed by atoms with Crippen molar-refractivity contribution in [3.8, 4) is 0 Å². The highest BCUT2D eigenvalue weighted by Gasteiger charge is 2.24. The minimum atomic E-state index is -3.67. The molecule has 0 radical (unpaired) electrons. The van der Waals surface area contributed by atoms with Crippen molar-refractivity contribution in [3.05, 3.63) is 40.8 Å². The third-order valence-electron chi connectivity index (χ3n) is 2.86. The van der Waals surface area contributed by atoms with Gasteiger partial charge in [-0.05, 0) is 39.3 Å². The first-order chi connectivity index (χ1) is 8.81. The molecule has 19 heavy (non-hydrogen) atoms. The van der Waals surface area contributed by atoms with E-state index < -0.39 is 10.0 Å². The van der Waals surface area contributed by atoms with Gasteiger partial charge in [-0.25, -0.2) is 8.42 Å². The first-order valence-electron chi connectivity index (χ1n) is 5.84. The Morgan fingerprint density at radius 2 is 1.84 bits per heavy atom. The van der Waals surface area contributed by atoms with Crippen molar-refractivity contribution in [2.45, 2.75) is 32.6 Å². The van der Waals surface area contributed by atoms with Crippen LogP contribution >= 0.6 is 0 Å². The van der Waals surface area contributed by atoms with Crippen LogP contribution in [0.4, 0.5) is 5.69 Å². The van der Waals surface area contributed by atoms with E-state index >= 15 is 0 Å². The molecule has 0 saturated carbocycles. The van der Waals surface area contributed by atoms with Gasteiger partial charge in [0.2, 0.25) is 0 Å². The lowest BCUT2D eigenvalue weighted by molar-refractivity contribution is 0.390. The predicted octanol–water partition coefficient (Wildman–Crippen LogP) is 2.71. The molecule has 0 aliphatic heterocycles. The zero-order valence-corrected chi connectivity index (χ0v) is 12.1. The van der Waals surface area contributed by atoms with E-state index in [0.29, 0.717) is 11.4 Å². The molecular weight excluding hydrogens is 264 g/mol. The maximum Gasteiger partial charge on any atom is 0.267 e. The van der Waals surface area contributed by atoms with E-state index in [-0.39, 0.29) is 10.7 Å². The number of hydrogen-bond acceptors (Lipinski definition) is 4. The van der Waals surface area contributed by atoms with Crippen LogP contribution in [0.5, 0.6) is 0 Å². The molecule has 1 aromatic heterocycles. The lowest BCUT2D eigenvalue weighted by atomic mass is 10.1. The second-order valence-electron chi connectivity index (χ2n) is 4.58. The van der Waals surface area contributed by atoms with Crippen LogP contribution in [0.15, 0.2) is 27.6 Å². The topological polar surface area (TPSA) is 72.2 Å². The molecule has 0 spiro atoms. The Morgan fingerprint density at radius 1 is 1.16 bits per heavy atom. The van der Waals surface area contributed by atoms with Crippen LogP contribution in [0.2, 0.25) is 0 Å². The van der Waals surface area contributed by atoms with E-state index in [2.05, 4.69) is 9.88 Å². The smallest absolute Gasteiger partial charge is 0.267 e. The van der Waals surface area contributed by atoms with Gasteiger partial charge in [0.25, 0.3) is 10.0 Å². The number of nitrogens with zero attached hydrogens (tertiary/aromatic N) is 1. The second kappa shape index (κ2) is 4.70. The number of aryl methyl sites for hydroxylation is 4. The van der Waals surface area contributed by atoms with Gasteiger partial charge in [0.15, 0.2) is 10.7 Å². The average Bonchev–Trinajstić information content (AvgIpc) is 2.63. The number of sulfonamides is 1. The fourth-order valence-corrected chi connectivity index (χ4v) is 3.44.